The molecular weight excluding hydrogens is 233 g/mol. The molecule has 18 heavy (non-hydrogen) atoms. The van der Waals surface area contributed by atoms with Crippen LogP contribution < -0.4 is 10.2 Å². The van der Waals surface area contributed by atoms with Crippen LogP contribution in [-0.4, -0.2) is 25.0 Å². The number of piperazine rings is 1. The van der Waals surface area contributed by atoms with Crippen molar-refractivity contribution in [2.75, 3.05) is 18.0 Å². The van der Waals surface area contributed by atoms with E-state index in [-0.39, 0.29) is 17.5 Å². The Morgan fingerprint density at radius 1 is 1.61 bits per heavy atom. The van der Waals surface area contributed by atoms with Crippen LogP contribution in [0, 0.1) is 17.1 Å². The van der Waals surface area contributed by atoms with Gasteiger partial charge in [0, 0.05) is 13.1 Å². The Bertz CT molecular complexity index is 509. The van der Waals surface area contributed by atoms with Crippen LogP contribution in [-0.2, 0) is 4.79 Å². The largest absolute Gasteiger partial charge is 0.357 e. The summed E-state index contributed by atoms with van der Waals surface area (Å²) in [5.41, 5.74) is 0.892. The highest BCUT2D eigenvalue weighted by Gasteiger charge is 2.29. The fourth-order valence-corrected chi connectivity index (χ4v) is 2.26. The first-order valence-electron chi connectivity index (χ1n) is 5.91. The number of hydrogen-bond donors (Lipinski definition) is 1. The van der Waals surface area contributed by atoms with Crippen molar-refractivity contribution in [2.45, 2.75) is 19.4 Å². The van der Waals surface area contributed by atoms with Gasteiger partial charge in [-0.2, -0.15) is 5.26 Å². The van der Waals surface area contributed by atoms with Crippen molar-refractivity contribution in [3.63, 3.8) is 0 Å². The average Bonchev–Trinajstić information content (AvgIpc) is 2.38. The highest BCUT2D eigenvalue weighted by Crippen LogP contribution is 2.25. The van der Waals surface area contributed by atoms with Crippen molar-refractivity contribution in [3.05, 3.63) is 29.6 Å². The van der Waals surface area contributed by atoms with E-state index in [0.717, 1.165) is 0 Å². The van der Waals surface area contributed by atoms with E-state index < -0.39 is 5.82 Å². The Balaban J connectivity index is 2.41. The van der Waals surface area contributed by atoms with Gasteiger partial charge >= 0.3 is 0 Å². The van der Waals surface area contributed by atoms with Crippen LogP contribution >= 0.6 is 0 Å². The summed E-state index contributed by atoms with van der Waals surface area (Å²) < 4.78 is 13.1. The number of hydrogen-bond acceptors (Lipinski definition) is 3. The molecule has 0 bridgehead atoms. The molecule has 0 saturated carbocycles. The first-order chi connectivity index (χ1) is 8.67. The number of nitrogens with one attached hydrogen (secondary N) is 1. The predicted molar refractivity (Wildman–Crippen MR) is 65.5 cm³/mol. The van der Waals surface area contributed by atoms with Gasteiger partial charge in [0.25, 0.3) is 0 Å². The Morgan fingerprint density at radius 3 is 3.06 bits per heavy atom. The molecule has 1 fully saturated rings. The van der Waals surface area contributed by atoms with Crippen LogP contribution in [0.4, 0.5) is 10.1 Å². The second-order valence-corrected chi connectivity index (χ2v) is 4.18. The zero-order valence-electron chi connectivity index (χ0n) is 10.1. The summed E-state index contributed by atoms with van der Waals surface area (Å²) in [5.74, 6) is -0.484. The number of rotatable bonds is 2. The van der Waals surface area contributed by atoms with E-state index in [2.05, 4.69) is 5.32 Å². The topological polar surface area (TPSA) is 56.1 Å². The molecule has 94 valence electrons. The number of nitriles is 1. The lowest BCUT2D eigenvalue weighted by Crippen LogP contribution is -2.55. The van der Waals surface area contributed by atoms with Gasteiger partial charge in [-0.05, 0) is 24.6 Å². The lowest BCUT2D eigenvalue weighted by molar-refractivity contribution is -0.123. The molecule has 0 aromatic heterocycles. The number of halogens is 1. The number of carbonyl (C=O) groups is 1. The molecule has 1 atom stereocenters. The molecule has 2 rings (SSSR count). The number of anilines is 1. The van der Waals surface area contributed by atoms with E-state index in [4.69, 9.17) is 5.26 Å². The molecule has 1 heterocycles. The Hall–Kier alpha value is -2.09. The third-order valence-electron chi connectivity index (χ3n) is 3.11. The molecule has 1 aliphatic rings. The minimum Gasteiger partial charge on any atom is -0.357 e. The Morgan fingerprint density at radius 2 is 2.39 bits per heavy atom. The van der Waals surface area contributed by atoms with Crippen LogP contribution in [0.25, 0.3) is 0 Å². The van der Waals surface area contributed by atoms with Gasteiger partial charge in [-0.25, -0.2) is 4.39 Å². The minimum atomic E-state index is -0.440. The summed E-state index contributed by atoms with van der Waals surface area (Å²) in [5, 5.41) is 11.8. The van der Waals surface area contributed by atoms with Gasteiger partial charge in [0.2, 0.25) is 5.91 Å². The summed E-state index contributed by atoms with van der Waals surface area (Å²) >= 11 is 0. The molecule has 1 aliphatic heterocycles. The number of carbonyl (C=O) groups excluding carboxylic acids is 1. The first-order valence-corrected chi connectivity index (χ1v) is 5.91. The summed E-state index contributed by atoms with van der Waals surface area (Å²) in [6, 6.07) is 5.77. The second-order valence-electron chi connectivity index (χ2n) is 4.18. The highest BCUT2D eigenvalue weighted by atomic mass is 19.1. The van der Waals surface area contributed by atoms with Gasteiger partial charge in [0.15, 0.2) is 0 Å². The molecule has 1 N–H and O–H groups in total. The van der Waals surface area contributed by atoms with Crippen molar-refractivity contribution in [1.82, 2.24) is 5.32 Å². The van der Waals surface area contributed by atoms with Crippen LogP contribution in [0.1, 0.15) is 18.9 Å². The van der Waals surface area contributed by atoms with Gasteiger partial charge in [-0.3, -0.25) is 4.79 Å². The van der Waals surface area contributed by atoms with Crippen molar-refractivity contribution < 1.29 is 9.18 Å². The normalized spacial score (nSPS) is 19.3. The molecule has 1 aromatic rings. The van der Waals surface area contributed by atoms with Crippen molar-refractivity contribution in [3.8, 4) is 6.07 Å². The quantitative estimate of drug-likeness (QED) is 0.859. The van der Waals surface area contributed by atoms with E-state index in [9.17, 15) is 9.18 Å². The van der Waals surface area contributed by atoms with Crippen LogP contribution in [0.15, 0.2) is 18.2 Å². The maximum atomic E-state index is 13.1. The van der Waals surface area contributed by atoms with Crippen LogP contribution in [0.5, 0.6) is 0 Å². The van der Waals surface area contributed by atoms with Gasteiger partial charge in [0.05, 0.1) is 11.3 Å². The monoisotopic (exact) mass is 247 g/mol. The minimum absolute atomic E-state index is 0.0445. The number of benzene rings is 1. The SMILES string of the molecule is CCC1C(=O)NCCN1c1ccc(F)cc1C#N. The molecule has 1 aromatic carbocycles. The molecule has 0 spiro atoms. The van der Waals surface area contributed by atoms with E-state index in [1.165, 1.54) is 12.1 Å². The maximum Gasteiger partial charge on any atom is 0.242 e. The third kappa shape index (κ3) is 2.14. The van der Waals surface area contributed by atoms with E-state index in [1.54, 1.807) is 6.07 Å². The molecule has 0 aliphatic carbocycles. The van der Waals surface area contributed by atoms with Gasteiger partial charge in [0.1, 0.15) is 17.9 Å². The number of nitrogens with zero attached hydrogens (tertiary/aromatic N) is 2. The fraction of sp³-hybridized carbons (Fsp3) is 0.385. The molecule has 5 heteroatoms. The van der Waals surface area contributed by atoms with Crippen molar-refractivity contribution in [2.24, 2.45) is 0 Å². The Kier molecular flexibility index (Phi) is 3.47. The summed E-state index contributed by atoms with van der Waals surface area (Å²) in [6.45, 7) is 3.08. The summed E-state index contributed by atoms with van der Waals surface area (Å²) in [7, 11) is 0. The standard InChI is InChI=1S/C13H14FN3O/c1-2-11-13(18)16-5-6-17(11)12-4-3-10(14)7-9(12)8-15/h3-4,7,11H,2,5-6H2,1H3,(H,16,18). The van der Waals surface area contributed by atoms with E-state index in [1.807, 2.05) is 17.9 Å². The molecular formula is C13H14FN3O. The lowest BCUT2D eigenvalue weighted by atomic mass is 10.1. The van der Waals surface area contributed by atoms with Gasteiger partial charge in [-0.1, -0.05) is 6.92 Å². The van der Waals surface area contributed by atoms with Crippen molar-refractivity contribution >= 4 is 11.6 Å². The second kappa shape index (κ2) is 5.05. The third-order valence-corrected chi connectivity index (χ3v) is 3.11. The zero-order valence-corrected chi connectivity index (χ0v) is 10.1. The van der Waals surface area contributed by atoms with Gasteiger partial charge < -0.3 is 10.2 Å². The molecule has 1 saturated heterocycles. The van der Waals surface area contributed by atoms with Crippen LogP contribution in [0.2, 0.25) is 0 Å². The molecule has 4 nitrogen and oxygen atoms in total. The van der Waals surface area contributed by atoms with Crippen LogP contribution in [0.3, 0.4) is 0 Å². The lowest BCUT2D eigenvalue weighted by Gasteiger charge is -2.36. The fourth-order valence-electron chi connectivity index (χ4n) is 2.26. The average molecular weight is 247 g/mol. The zero-order chi connectivity index (χ0) is 13.1. The highest BCUT2D eigenvalue weighted by molar-refractivity contribution is 5.87. The number of amides is 1. The smallest absolute Gasteiger partial charge is 0.242 e. The maximum absolute atomic E-state index is 13.1. The first kappa shape index (κ1) is 12.4. The van der Waals surface area contributed by atoms with Crippen molar-refractivity contribution in [1.29, 1.82) is 5.26 Å². The molecule has 1 unspecified atom stereocenters. The Labute approximate surface area is 105 Å². The molecule has 0 radical (unpaired) electrons. The van der Waals surface area contributed by atoms with Gasteiger partial charge in [-0.15, -0.1) is 0 Å². The predicted octanol–water partition coefficient (Wildman–Crippen LogP) is 1.41. The molecule has 1 amide bonds. The summed E-state index contributed by atoms with van der Waals surface area (Å²) in [6.07, 6.45) is 0.647. The summed E-state index contributed by atoms with van der Waals surface area (Å²) in [4.78, 5) is 13.6. The van der Waals surface area contributed by atoms with E-state index >= 15 is 0 Å². The van der Waals surface area contributed by atoms with E-state index in [0.29, 0.717) is 25.2 Å².